The maximum Gasteiger partial charge on any atom is 0.0829 e. The van der Waals surface area contributed by atoms with Crippen LogP contribution in [0, 0.1) is 0 Å². The summed E-state index contributed by atoms with van der Waals surface area (Å²) in [5.74, 6) is 0. The van der Waals surface area contributed by atoms with Crippen LogP contribution in [-0.2, 0) is 11.2 Å². The number of methoxy groups -OCH3 is 1. The summed E-state index contributed by atoms with van der Waals surface area (Å²) in [5, 5.41) is 5.74. The average molecular weight is 255 g/mol. The van der Waals surface area contributed by atoms with Crippen molar-refractivity contribution in [1.29, 1.82) is 0 Å². The van der Waals surface area contributed by atoms with Gasteiger partial charge in [-0.1, -0.05) is 26.8 Å². The zero-order chi connectivity index (χ0) is 12.7. The van der Waals surface area contributed by atoms with Crippen LogP contribution in [0.3, 0.4) is 0 Å². The minimum absolute atomic E-state index is 0.0417. The third-order valence-electron chi connectivity index (χ3n) is 3.67. The smallest absolute Gasteiger partial charge is 0.0829 e. The zero-order valence-electron chi connectivity index (χ0n) is 11.5. The highest BCUT2D eigenvalue weighted by Gasteiger charge is 2.35. The van der Waals surface area contributed by atoms with Gasteiger partial charge in [0.1, 0.15) is 0 Å². The molecule has 0 saturated carbocycles. The molecule has 0 aromatic carbocycles. The number of hydrogen-bond donors (Lipinski definition) is 1. The van der Waals surface area contributed by atoms with Crippen molar-refractivity contribution in [3.63, 3.8) is 0 Å². The van der Waals surface area contributed by atoms with Gasteiger partial charge in [0, 0.05) is 18.0 Å². The van der Waals surface area contributed by atoms with Gasteiger partial charge in [-0.2, -0.15) is 0 Å². The maximum absolute atomic E-state index is 5.84. The van der Waals surface area contributed by atoms with Gasteiger partial charge < -0.3 is 10.1 Å². The minimum atomic E-state index is -0.0417. The third-order valence-corrected chi connectivity index (χ3v) is 4.57. The molecular formula is C14H25NOS. The van der Waals surface area contributed by atoms with Crippen molar-refractivity contribution >= 4 is 11.3 Å². The van der Waals surface area contributed by atoms with E-state index in [1.54, 1.807) is 0 Å². The Morgan fingerprint density at radius 2 is 2.06 bits per heavy atom. The SMILES string of the molecule is CCNC(Cc1cccs1)C(CC)(CC)OC. The van der Waals surface area contributed by atoms with Gasteiger partial charge in [-0.15, -0.1) is 11.3 Å². The fourth-order valence-corrected chi connectivity index (χ4v) is 3.25. The summed E-state index contributed by atoms with van der Waals surface area (Å²) in [7, 11) is 1.84. The Balaban J connectivity index is 2.82. The van der Waals surface area contributed by atoms with Gasteiger partial charge in [0.15, 0.2) is 0 Å². The highest BCUT2D eigenvalue weighted by Crippen LogP contribution is 2.27. The fourth-order valence-electron chi connectivity index (χ4n) is 2.49. The van der Waals surface area contributed by atoms with Crippen molar-refractivity contribution in [3.8, 4) is 0 Å². The molecule has 2 nitrogen and oxygen atoms in total. The van der Waals surface area contributed by atoms with Gasteiger partial charge in [-0.25, -0.2) is 0 Å². The molecule has 1 unspecified atom stereocenters. The first-order chi connectivity index (χ1) is 8.22. The summed E-state index contributed by atoms with van der Waals surface area (Å²) < 4.78 is 5.84. The summed E-state index contributed by atoms with van der Waals surface area (Å²) in [6, 6.07) is 4.72. The van der Waals surface area contributed by atoms with E-state index < -0.39 is 0 Å². The number of hydrogen-bond acceptors (Lipinski definition) is 3. The highest BCUT2D eigenvalue weighted by atomic mass is 32.1. The van der Waals surface area contributed by atoms with Gasteiger partial charge in [-0.05, 0) is 37.3 Å². The second kappa shape index (κ2) is 7.14. The molecule has 0 aliphatic carbocycles. The molecule has 17 heavy (non-hydrogen) atoms. The first-order valence-corrected chi connectivity index (χ1v) is 7.41. The Kier molecular flexibility index (Phi) is 6.17. The molecule has 1 aromatic heterocycles. The van der Waals surface area contributed by atoms with E-state index in [0.29, 0.717) is 6.04 Å². The Morgan fingerprint density at radius 1 is 1.35 bits per heavy atom. The van der Waals surface area contributed by atoms with Crippen LogP contribution in [0.2, 0.25) is 0 Å². The lowest BCUT2D eigenvalue weighted by molar-refractivity contribution is -0.0466. The van der Waals surface area contributed by atoms with Crippen LogP contribution < -0.4 is 5.32 Å². The van der Waals surface area contributed by atoms with Gasteiger partial charge in [-0.3, -0.25) is 0 Å². The van der Waals surface area contributed by atoms with Crippen molar-refractivity contribution in [2.24, 2.45) is 0 Å². The maximum atomic E-state index is 5.84. The molecule has 1 atom stereocenters. The van der Waals surface area contributed by atoms with Crippen molar-refractivity contribution < 1.29 is 4.74 Å². The monoisotopic (exact) mass is 255 g/mol. The van der Waals surface area contributed by atoms with E-state index in [4.69, 9.17) is 4.74 Å². The van der Waals surface area contributed by atoms with Crippen LogP contribution >= 0.6 is 11.3 Å². The molecule has 0 fully saturated rings. The predicted octanol–water partition coefficient (Wildman–Crippen LogP) is 3.47. The molecular weight excluding hydrogens is 230 g/mol. The average Bonchev–Trinajstić information content (AvgIpc) is 2.85. The van der Waals surface area contributed by atoms with Crippen LogP contribution in [0.1, 0.15) is 38.5 Å². The van der Waals surface area contributed by atoms with Gasteiger partial charge >= 0.3 is 0 Å². The lowest BCUT2D eigenvalue weighted by Gasteiger charge is -2.39. The standard InChI is InChI=1S/C14H25NOS/c1-5-14(6-2,16-4)13(15-7-3)11-12-9-8-10-17-12/h8-10,13,15H,5-7,11H2,1-4H3. The molecule has 0 aliphatic heterocycles. The summed E-state index contributed by atoms with van der Waals surface area (Å²) >= 11 is 1.83. The number of nitrogens with one attached hydrogen (secondary N) is 1. The quantitative estimate of drug-likeness (QED) is 0.768. The summed E-state index contributed by atoms with van der Waals surface area (Å²) in [6.45, 7) is 7.58. The predicted molar refractivity (Wildman–Crippen MR) is 75.8 cm³/mol. The second-order valence-corrected chi connectivity index (χ2v) is 5.40. The molecule has 1 heterocycles. The van der Waals surface area contributed by atoms with Gasteiger partial charge in [0.2, 0.25) is 0 Å². The summed E-state index contributed by atoms with van der Waals surface area (Å²) in [5.41, 5.74) is -0.0417. The molecule has 0 spiro atoms. The van der Waals surface area contributed by atoms with E-state index in [1.165, 1.54) is 4.88 Å². The molecule has 98 valence electrons. The molecule has 0 radical (unpaired) electrons. The lowest BCUT2D eigenvalue weighted by Crippen LogP contribution is -2.52. The van der Waals surface area contributed by atoms with Crippen molar-refractivity contribution in [2.45, 2.75) is 51.7 Å². The van der Waals surface area contributed by atoms with E-state index in [9.17, 15) is 0 Å². The number of ether oxygens (including phenoxy) is 1. The third kappa shape index (κ3) is 3.54. The Labute approximate surface area is 109 Å². The molecule has 0 bridgehead atoms. The van der Waals surface area contributed by atoms with Gasteiger partial charge in [0.05, 0.1) is 5.60 Å². The van der Waals surface area contributed by atoms with E-state index in [2.05, 4.69) is 43.6 Å². The summed E-state index contributed by atoms with van der Waals surface area (Å²) in [6.07, 6.45) is 3.15. The van der Waals surface area contributed by atoms with Crippen LogP contribution in [0.4, 0.5) is 0 Å². The zero-order valence-corrected chi connectivity index (χ0v) is 12.3. The highest BCUT2D eigenvalue weighted by molar-refractivity contribution is 7.09. The summed E-state index contributed by atoms with van der Waals surface area (Å²) in [4.78, 5) is 1.43. The van der Waals surface area contributed by atoms with Crippen LogP contribution in [0.25, 0.3) is 0 Å². The van der Waals surface area contributed by atoms with E-state index in [1.807, 2.05) is 18.4 Å². The van der Waals surface area contributed by atoms with Crippen molar-refractivity contribution in [1.82, 2.24) is 5.32 Å². The molecule has 0 amide bonds. The number of likely N-dealkylation sites (N-methyl/N-ethyl adjacent to an activating group) is 1. The minimum Gasteiger partial charge on any atom is -0.377 e. The Morgan fingerprint density at radius 3 is 2.47 bits per heavy atom. The number of thiophene rings is 1. The number of rotatable bonds is 8. The van der Waals surface area contributed by atoms with E-state index >= 15 is 0 Å². The fraction of sp³-hybridized carbons (Fsp3) is 0.714. The van der Waals surface area contributed by atoms with Crippen LogP contribution in [0.5, 0.6) is 0 Å². The van der Waals surface area contributed by atoms with Crippen molar-refractivity contribution in [2.75, 3.05) is 13.7 Å². The largest absolute Gasteiger partial charge is 0.377 e. The second-order valence-electron chi connectivity index (χ2n) is 4.37. The van der Waals surface area contributed by atoms with Gasteiger partial charge in [0.25, 0.3) is 0 Å². The van der Waals surface area contributed by atoms with Crippen molar-refractivity contribution in [3.05, 3.63) is 22.4 Å². The molecule has 1 N–H and O–H groups in total. The Hall–Kier alpha value is -0.380. The molecule has 1 rings (SSSR count). The normalized spacial score (nSPS) is 13.9. The van der Waals surface area contributed by atoms with E-state index in [0.717, 1.165) is 25.8 Å². The molecule has 0 saturated heterocycles. The van der Waals surface area contributed by atoms with Crippen LogP contribution in [0.15, 0.2) is 17.5 Å². The van der Waals surface area contributed by atoms with E-state index in [-0.39, 0.29) is 5.60 Å². The molecule has 0 aliphatic rings. The topological polar surface area (TPSA) is 21.3 Å². The Bertz CT molecular complexity index is 285. The lowest BCUT2D eigenvalue weighted by atomic mass is 9.85. The molecule has 3 heteroatoms. The van der Waals surface area contributed by atoms with Crippen LogP contribution in [-0.4, -0.2) is 25.3 Å². The molecule has 1 aromatic rings. The first-order valence-electron chi connectivity index (χ1n) is 6.53. The first kappa shape index (κ1) is 14.7.